The monoisotopic (exact) mass is 610 g/mol. The van der Waals surface area contributed by atoms with Gasteiger partial charge in [0.2, 0.25) is 0 Å². The van der Waals surface area contributed by atoms with Gasteiger partial charge in [0.25, 0.3) is 0 Å². The van der Waals surface area contributed by atoms with Gasteiger partial charge in [-0.3, -0.25) is 14.4 Å². The molecule has 8 nitrogen and oxygen atoms in total. The van der Waals surface area contributed by atoms with E-state index in [4.69, 9.17) is 9.47 Å². The average molecular weight is 611 g/mol. The third-order valence-electron chi connectivity index (χ3n) is 8.38. The van der Waals surface area contributed by atoms with E-state index in [2.05, 4.69) is 20.8 Å². The Kier molecular flexibility index (Phi) is 22.4. The van der Waals surface area contributed by atoms with Gasteiger partial charge in [-0.1, -0.05) is 110 Å². The Bertz CT molecular complexity index is 780. The number of unbranched alkanes of at least 4 members (excludes halogenated alkanes) is 10. The van der Waals surface area contributed by atoms with Gasteiger partial charge < -0.3 is 24.8 Å². The maximum atomic E-state index is 12.4. The van der Waals surface area contributed by atoms with Crippen LogP contribution in [-0.2, 0) is 23.9 Å². The predicted octanol–water partition coefficient (Wildman–Crippen LogP) is 6.61. The molecule has 0 aromatic heterocycles. The Hall–Kier alpha value is -1.77. The predicted molar refractivity (Wildman–Crippen MR) is 169 cm³/mol. The zero-order chi connectivity index (χ0) is 31.9. The summed E-state index contributed by atoms with van der Waals surface area (Å²) in [6.45, 7) is 6.06. The molecule has 250 valence electrons. The van der Waals surface area contributed by atoms with Crippen molar-refractivity contribution >= 4 is 17.7 Å². The topological polar surface area (TPSA) is 130 Å². The van der Waals surface area contributed by atoms with Gasteiger partial charge in [-0.05, 0) is 31.6 Å². The second-order valence-corrected chi connectivity index (χ2v) is 12.9. The van der Waals surface area contributed by atoms with Crippen LogP contribution >= 0.6 is 0 Å². The normalized spacial score (nSPS) is 20.2. The fourth-order valence-electron chi connectivity index (χ4n) is 5.69. The molecule has 1 aliphatic carbocycles. The van der Waals surface area contributed by atoms with E-state index < -0.39 is 24.9 Å². The average Bonchev–Trinajstić information content (AvgIpc) is 3.24. The standard InChI is InChI=1S/C35H62O8/c1-4-5-12-18-28(37)22-23-31-30(32(38)24-33(31)39)19-14-10-11-15-20-34(40)42-26-29(25-36)43-35(41)21-16-9-7-6-8-13-17-27(2)3/h22-23,27-31,33,36-37,39H,4-21,24-26H2,1-3H3/b23-22+/t28-,29-,30+,31+,33+/m0/s1. The number of hydrogen-bond donors (Lipinski definition) is 3. The van der Waals surface area contributed by atoms with Crippen molar-refractivity contribution in [2.24, 2.45) is 17.8 Å². The van der Waals surface area contributed by atoms with Gasteiger partial charge in [0.1, 0.15) is 12.4 Å². The van der Waals surface area contributed by atoms with Crippen LogP contribution in [0.4, 0.5) is 0 Å². The fourth-order valence-corrected chi connectivity index (χ4v) is 5.69. The zero-order valence-electron chi connectivity index (χ0n) is 27.4. The van der Waals surface area contributed by atoms with Crippen molar-refractivity contribution in [2.75, 3.05) is 13.2 Å². The summed E-state index contributed by atoms with van der Waals surface area (Å²) in [5, 5.41) is 30.0. The van der Waals surface area contributed by atoms with Crippen LogP contribution in [0.15, 0.2) is 12.2 Å². The largest absolute Gasteiger partial charge is 0.462 e. The van der Waals surface area contributed by atoms with Crippen molar-refractivity contribution in [1.82, 2.24) is 0 Å². The number of carbonyl (C=O) groups excluding carboxylic acids is 3. The van der Waals surface area contributed by atoms with Crippen molar-refractivity contribution in [2.45, 2.75) is 161 Å². The van der Waals surface area contributed by atoms with Crippen LogP contribution in [-0.4, -0.2) is 64.6 Å². The summed E-state index contributed by atoms with van der Waals surface area (Å²) in [6.07, 6.45) is 17.6. The summed E-state index contributed by atoms with van der Waals surface area (Å²) >= 11 is 0. The van der Waals surface area contributed by atoms with Crippen molar-refractivity contribution in [3.63, 3.8) is 0 Å². The molecule has 0 amide bonds. The molecular formula is C35H62O8. The first kappa shape index (κ1) is 39.3. The number of ketones is 1. The number of Topliss-reactive ketones (excluding diaryl/α,β-unsaturated/α-hetero) is 1. The molecule has 1 aliphatic rings. The molecule has 0 saturated heterocycles. The highest BCUT2D eigenvalue weighted by atomic mass is 16.6. The Morgan fingerprint density at radius 2 is 1.49 bits per heavy atom. The highest BCUT2D eigenvalue weighted by molar-refractivity contribution is 5.84. The molecule has 0 aromatic carbocycles. The molecule has 1 saturated carbocycles. The van der Waals surface area contributed by atoms with E-state index in [0.717, 1.165) is 63.7 Å². The molecule has 0 heterocycles. The molecule has 3 N–H and O–H groups in total. The van der Waals surface area contributed by atoms with Crippen LogP contribution in [0.1, 0.15) is 143 Å². The minimum absolute atomic E-state index is 0.0814. The zero-order valence-corrected chi connectivity index (χ0v) is 27.4. The second-order valence-electron chi connectivity index (χ2n) is 12.9. The van der Waals surface area contributed by atoms with E-state index in [1.165, 1.54) is 25.7 Å². The number of rotatable bonds is 26. The van der Waals surface area contributed by atoms with Gasteiger partial charge in [-0.2, -0.15) is 0 Å². The molecule has 0 aromatic rings. The van der Waals surface area contributed by atoms with Gasteiger partial charge in [0.15, 0.2) is 6.10 Å². The number of hydrogen-bond acceptors (Lipinski definition) is 8. The van der Waals surface area contributed by atoms with Crippen LogP contribution in [0.25, 0.3) is 0 Å². The lowest BCUT2D eigenvalue weighted by atomic mass is 9.88. The Morgan fingerprint density at radius 1 is 0.884 bits per heavy atom. The molecule has 8 heteroatoms. The summed E-state index contributed by atoms with van der Waals surface area (Å²) in [7, 11) is 0. The van der Waals surface area contributed by atoms with E-state index in [0.29, 0.717) is 25.7 Å². The molecule has 0 bridgehead atoms. The van der Waals surface area contributed by atoms with Crippen LogP contribution in [0, 0.1) is 17.8 Å². The molecule has 0 aliphatic heterocycles. The third kappa shape index (κ3) is 19.3. The molecule has 1 fully saturated rings. The van der Waals surface area contributed by atoms with E-state index in [9.17, 15) is 29.7 Å². The van der Waals surface area contributed by atoms with Gasteiger partial charge in [-0.15, -0.1) is 0 Å². The van der Waals surface area contributed by atoms with Crippen LogP contribution < -0.4 is 0 Å². The lowest BCUT2D eigenvalue weighted by Gasteiger charge is -2.18. The summed E-state index contributed by atoms with van der Waals surface area (Å²) < 4.78 is 10.5. The fraction of sp³-hybridized carbons (Fsp3) is 0.857. The molecule has 0 unspecified atom stereocenters. The van der Waals surface area contributed by atoms with E-state index in [1.807, 2.05) is 6.08 Å². The summed E-state index contributed by atoms with van der Waals surface area (Å²) in [5.41, 5.74) is 0. The first-order valence-corrected chi connectivity index (χ1v) is 17.2. The highest BCUT2D eigenvalue weighted by Gasteiger charge is 2.39. The number of carbonyl (C=O) groups is 3. The van der Waals surface area contributed by atoms with Crippen LogP contribution in [0.2, 0.25) is 0 Å². The van der Waals surface area contributed by atoms with Crippen molar-refractivity contribution in [3.05, 3.63) is 12.2 Å². The molecule has 0 radical (unpaired) electrons. The molecule has 0 spiro atoms. The number of aliphatic hydroxyl groups excluding tert-OH is 3. The Labute approximate surface area is 261 Å². The van der Waals surface area contributed by atoms with Crippen LogP contribution in [0.5, 0.6) is 0 Å². The number of esters is 2. The molecule has 5 atom stereocenters. The number of ether oxygens (including phenoxy) is 2. The van der Waals surface area contributed by atoms with Crippen LogP contribution in [0.3, 0.4) is 0 Å². The maximum absolute atomic E-state index is 12.4. The minimum atomic E-state index is -0.841. The van der Waals surface area contributed by atoms with Crippen molar-refractivity contribution in [1.29, 1.82) is 0 Å². The van der Waals surface area contributed by atoms with Gasteiger partial charge in [0, 0.05) is 31.1 Å². The third-order valence-corrected chi connectivity index (χ3v) is 8.38. The Morgan fingerprint density at radius 3 is 2.14 bits per heavy atom. The smallest absolute Gasteiger partial charge is 0.306 e. The summed E-state index contributed by atoms with van der Waals surface area (Å²) in [5.74, 6) is -0.399. The van der Waals surface area contributed by atoms with E-state index >= 15 is 0 Å². The van der Waals surface area contributed by atoms with E-state index in [1.54, 1.807) is 6.08 Å². The molecular weight excluding hydrogens is 548 g/mol. The van der Waals surface area contributed by atoms with Gasteiger partial charge >= 0.3 is 11.9 Å². The second kappa shape index (κ2) is 24.5. The lowest BCUT2D eigenvalue weighted by molar-refractivity contribution is -0.161. The SMILES string of the molecule is CCCCC[C@H](O)/C=C/[C@H]1[C@H](O)CC(=O)[C@@H]1CCCCCCC(=O)OC[C@H](CO)OC(=O)CCCCCCCCC(C)C. The van der Waals surface area contributed by atoms with Gasteiger partial charge in [-0.25, -0.2) is 0 Å². The summed E-state index contributed by atoms with van der Waals surface area (Å²) in [6, 6.07) is 0. The summed E-state index contributed by atoms with van der Waals surface area (Å²) in [4.78, 5) is 36.7. The van der Waals surface area contributed by atoms with Crippen molar-refractivity contribution < 1.29 is 39.2 Å². The minimum Gasteiger partial charge on any atom is -0.462 e. The van der Waals surface area contributed by atoms with E-state index in [-0.39, 0.29) is 49.0 Å². The maximum Gasteiger partial charge on any atom is 0.306 e. The Balaban J connectivity index is 2.17. The lowest BCUT2D eigenvalue weighted by Crippen LogP contribution is -2.28. The first-order valence-electron chi connectivity index (χ1n) is 17.2. The number of aliphatic hydroxyl groups is 3. The first-order chi connectivity index (χ1) is 20.7. The molecule has 43 heavy (non-hydrogen) atoms. The quantitative estimate of drug-likeness (QED) is 0.0566. The highest BCUT2D eigenvalue weighted by Crippen LogP contribution is 2.34. The van der Waals surface area contributed by atoms with Crippen molar-refractivity contribution in [3.8, 4) is 0 Å². The van der Waals surface area contributed by atoms with Gasteiger partial charge in [0.05, 0.1) is 18.8 Å². The molecule has 1 rings (SSSR count).